The molecule has 1 aromatic heterocycles. The fourth-order valence-corrected chi connectivity index (χ4v) is 4.56. The molecule has 1 aliphatic rings. The third kappa shape index (κ3) is 5.02. The molecular formula is C30H30N4O4. The molecule has 38 heavy (non-hydrogen) atoms. The second-order valence-corrected chi connectivity index (χ2v) is 9.45. The Bertz CT molecular complexity index is 1440. The van der Waals surface area contributed by atoms with Crippen LogP contribution in [0.25, 0.3) is 16.8 Å². The van der Waals surface area contributed by atoms with Crippen LogP contribution in [0.2, 0.25) is 0 Å². The van der Waals surface area contributed by atoms with Gasteiger partial charge in [0.2, 0.25) is 0 Å². The number of nitrogens with one attached hydrogen (secondary N) is 1. The van der Waals surface area contributed by atoms with Crippen molar-refractivity contribution in [2.24, 2.45) is 0 Å². The number of anilines is 1. The van der Waals surface area contributed by atoms with Gasteiger partial charge in [-0.05, 0) is 68.0 Å². The summed E-state index contributed by atoms with van der Waals surface area (Å²) in [7, 11) is 0. The minimum Gasteiger partial charge on any atom is -0.465 e. The molecular weight excluding hydrogens is 480 g/mol. The van der Waals surface area contributed by atoms with E-state index in [1.807, 2.05) is 86.6 Å². The Morgan fingerprint density at radius 1 is 1.00 bits per heavy atom. The lowest BCUT2D eigenvalue weighted by Gasteiger charge is -2.16. The quantitative estimate of drug-likeness (QED) is 0.286. The summed E-state index contributed by atoms with van der Waals surface area (Å²) in [6, 6.07) is 25.4. The Morgan fingerprint density at radius 2 is 1.74 bits per heavy atom. The Labute approximate surface area is 221 Å². The highest BCUT2D eigenvalue weighted by Crippen LogP contribution is 2.49. The van der Waals surface area contributed by atoms with Gasteiger partial charge in [-0.2, -0.15) is 4.68 Å². The minimum absolute atomic E-state index is 0.147. The summed E-state index contributed by atoms with van der Waals surface area (Å²) in [5.41, 5.74) is 4.69. The molecule has 1 N–H and O–H groups in total. The molecule has 0 unspecified atom stereocenters. The highest BCUT2D eigenvalue weighted by molar-refractivity contribution is 5.87. The van der Waals surface area contributed by atoms with Crippen molar-refractivity contribution in [2.45, 2.75) is 45.1 Å². The van der Waals surface area contributed by atoms with Crippen molar-refractivity contribution in [1.82, 2.24) is 15.0 Å². The van der Waals surface area contributed by atoms with Crippen LogP contribution in [0, 0.1) is 6.92 Å². The molecule has 0 radical (unpaired) electrons. The first-order valence-corrected chi connectivity index (χ1v) is 12.7. The van der Waals surface area contributed by atoms with E-state index in [2.05, 4.69) is 21.7 Å². The molecule has 1 atom stereocenters. The van der Waals surface area contributed by atoms with Gasteiger partial charge in [-0.1, -0.05) is 71.9 Å². The number of esters is 1. The monoisotopic (exact) mass is 510 g/mol. The standard InChI is InChI=1S/C30H30N4O4/c1-4-37-28(35)30(17-18-30)25-12-8-11-24(19-25)23-13-15-26(16-14-23)34-27(20(2)32-33-34)31-29(36)38-21(3)22-9-6-5-7-10-22/h5-16,19,21H,4,17-18H2,1-3H3,(H,31,36)/t21-/m1/s1. The zero-order valence-electron chi connectivity index (χ0n) is 21.7. The van der Waals surface area contributed by atoms with E-state index in [-0.39, 0.29) is 5.97 Å². The molecule has 5 rings (SSSR count). The SMILES string of the molecule is CCOC(=O)C1(c2cccc(-c3ccc(-n4nnc(C)c4NC(=O)O[C@H](C)c4ccccc4)cc3)c2)CC1. The predicted octanol–water partition coefficient (Wildman–Crippen LogP) is 6.15. The van der Waals surface area contributed by atoms with Gasteiger partial charge < -0.3 is 9.47 Å². The van der Waals surface area contributed by atoms with Crippen LogP contribution < -0.4 is 5.32 Å². The number of hydrogen-bond acceptors (Lipinski definition) is 6. The number of hydrogen-bond donors (Lipinski definition) is 1. The van der Waals surface area contributed by atoms with E-state index in [1.165, 1.54) is 0 Å². The van der Waals surface area contributed by atoms with Crippen molar-refractivity contribution in [2.75, 3.05) is 11.9 Å². The Morgan fingerprint density at radius 3 is 2.42 bits per heavy atom. The summed E-state index contributed by atoms with van der Waals surface area (Å²) in [5, 5.41) is 11.1. The van der Waals surface area contributed by atoms with E-state index in [4.69, 9.17) is 9.47 Å². The zero-order valence-corrected chi connectivity index (χ0v) is 21.7. The molecule has 0 bridgehead atoms. The number of ether oxygens (including phenoxy) is 2. The summed E-state index contributed by atoms with van der Waals surface area (Å²) in [6.07, 6.45) is 0.622. The zero-order chi connectivity index (χ0) is 26.7. The smallest absolute Gasteiger partial charge is 0.413 e. The average Bonchev–Trinajstić information content (AvgIpc) is 3.68. The molecule has 1 fully saturated rings. The number of carbonyl (C=O) groups is 2. The van der Waals surface area contributed by atoms with E-state index in [0.29, 0.717) is 18.1 Å². The third-order valence-corrected chi connectivity index (χ3v) is 6.89. The van der Waals surface area contributed by atoms with Crippen molar-refractivity contribution in [1.29, 1.82) is 0 Å². The van der Waals surface area contributed by atoms with Gasteiger partial charge in [0.1, 0.15) is 11.8 Å². The molecule has 1 amide bonds. The summed E-state index contributed by atoms with van der Waals surface area (Å²) in [5.74, 6) is 0.292. The van der Waals surface area contributed by atoms with Crippen LogP contribution in [0.3, 0.4) is 0 Å². The Kier molecular flexibility index (Phi) is 6.96. The predicted molar refractivity (Wildman–Crippen MR) is 144 cm³/mol. The maximum atomic E-state index is 12.6. The van der Waals surface area contributed by atoms with Crippen molar-refractivity contribution in [3.63, 3.8) is 0 Å². The highest BCUT2D eigenvalue weighted by atomic mass is 16.6. The number of benzene rings is 3. The van der Waals surface area contributed by atoms with E-state index >= 15 is 0 Å². The Balaban J connectivity index is 1.32. The van der Waals surface area contributed by atoms with E-state index < -0.39 is 17.6 Å². The first-order valence-electron chi connectivity index (χ1n) is 12.7. The van der Waals surface area contributed by atoms with Crippen molar-refractivity contribution >= 4 is 17.9 Å². The molecule has 0 spiro atoms. The topological polar surface area (TPSA) is 95.3 Å². The molecule has 0 saturated heterocycles. The lowest BCUT2D eigenvalue weighted by molar-refractivity contribution is -0.146. The molecule has 4 aromatic rings. The largest absolute Gasteiger partial charge is 0.465 e. The average molecular weight is 511 g/mol. The van der Waals surface area contributed by atoms with Crippen LogP contribution in [0.5, 0.6) is 0 Å². The second kappa shape index (κ2) is 10.5. The van der Waals surface area contributed by atoms with Gasteiger partial charge in [0.15, 0.2) is 5.82 Å². The normalized spacial score (nSPS) is 14.4. The number of amides is 1. The number of rotatable bonds is 8. The first-order chi connectivity index (χ1) is 18.4. The fourth-order valence-electron chi connectivity index (χ4n) is 4.56. The van der Waals surface area contributed by atoms with Crippen LogP contribution in [-0.2, 0) is 19.7 Å². The molecule has 1 aliphatic carbocycles. The maximum absolute atomic E-state index is 12.6. The third-order valence-electron chi connectivity index (χ3n) is 6.89. The van der Waals surface area contributed by atoms with Gasteiger partial charge in [0.25, 0.3) is 0 Å². The second-order valence-electron chi connectivity index (χ2n) is 9.45. The van der Waals surface area contributed by atoms with Crippen molar-refractivity contribution in [3.8, 4) is 16.8 Å². The van der Waals surface area contributed by atoms with Crippen LogP contribution in [-0.4, -0.2) is 33.7 Å². The van der Waals surface area contributed by atoms with E-state index in [1.54, 1.807) is 11.6 Å². The van der Waals surface area contributed by atoms with Gasteiger partial charge in [-0.15, -0.1) is 5.10 Å². The van der Waals surface area contributed by atoms with Gasteiger partial charge in [0, 0.05) is 0 Å². The molecule has 1 heterocycles. The first kappa shape index (κ1) is 25.2. The summed E-state index contributed by atoms with van der Waals surface area (Å²) in [4.78, 5) is 25.2. The molecule has 194 valence electrons. The van der Waals surface area contributed by atoms with Crippen molar-refractivity contribution < 1.29 is 19.1 Å². The van der Waals surface area contributed by atoms with Gasteiger partial charge in [-0.25, -0.2) is 4.79 Å². The van der Waals surface area contributed by atoms with Gasteiger partial charge >= 0.3 is 12.1 Å². The molecule has 8 heteroatoms. The highest BCUT2D eigenvalue weighted by Gasteiger charge is 2.52. The number of aryl methyl sites for hydroxylation is 1. The molecule has 8 nitrogen and oxygen atoms in total. The van der Waals surface area contributed by atoms with Crippen LogP contribution in [0.4, 0.5) is 10.6 Å². The number of carbonyl (C=O) groups excluding carboxylic acids is 2. The lowest BCUT2D eigenvalue weighted by Crippen LogP contribution is -2.23. The van der Waals surface area contributed by atoms with Gasteiger partial charge in [0.05, 0.1) is 17.7 Å². The summed E-state index contributed by atoms with van der Waals surface area (Å²) >= 11 is 0. The number of nitrogens with zero attached hydrogens (tertiary/aromatic N) is 3. The van der Waals surface area contributed by atoms with Crippen molar-refractivity contribution in [3.05, 3.63) is 95.7 Å². The van der Waals surface area contributed by atoms with Crippen LogP contribution >= 0.6 is 0 Å². The van der Waals surface area contributed by atoms with Crippen LogP contribution in [0.1, 0.15) is 49.6 Å². The molecule has 3 aromatic carbocycles. The van der Waals surface area contributed by atoms with Crippen LogP contribution in [0.15, 0.2) is 78.9 Å². The lowest BCUT2D eigenvalue weighted by atomic mass is 9.92. The molecule has 0 aliphatic heterocycles. The van der Waals surface area contributed by atoms with E-state index in [0.717, 1.165) is 40.8 Å². The fraction of sp³-hybridized carbons (Fsp3) is 0.267. The number of aromatic nitrogens is 3. The van der Waals surface area contributed by atoms with Gasteiger partial charge in [-0.3, -0.25) is 10.1 Å². The minimum atomic E-state index is -0.586. The van der Waals surface area contributed by atoms with E-state index in [9.17, 15) is 9.59 Å². The Hall–Kier alpha value is -4.46. The molecule has 1 saturated carbocycles. The summed E-state index contributed by atoms with van der Waals surface area (Å²) in [6.45, 7) is 5.81. The maximum Gasteiger partial charge on any atom is 0.413 e. The summed E-state index contributed by atoms with van der Waals surface area (Å²) < 4.78 is 12.5.